The SMILES string of the molecule is C[C@@H]1CN(c2ccc(Nc3ncc4cc(Br)c(NC(=O)NC5CCCCC5)nc4n3)cc2)C[C@H](C)N1. The van der Waals surface area contributed by atoms with Gasteiger partial charge in [-0.3, -0.25) is 5.32 Å². The molecule has 5 rings (SSSR count). The van der Waals surface area contributed by atoms with Gasteiger partial charge >= 0.3 is 6.03 Å². The first-order valence-electron chi connectivity index (χ1n) is 12.7. The molecule has 1 saturated heterocycles. The van der Waals surface area contributed by atoms with Gasteiger partial charge < -0.3 is 20.9 Å². The monoisotopic (exact) mass is 552 g/mol. The van der Waals surface area contributed by atoms with Gasteiger partial charge in [0.1, 0.15) is 0 Å². The van der Waals surface area contributed by atoms with Crippen LogP contribution in [0.25, 0.3) is 11.0 Å². The highest BCUT2D eigenvalue weighted by Gasteiger charge is 2.21. The average molecular weight is 554 g/mol. The lowest BCUT2D eigenvalue weighted by molar-refractivity contribution is 0.244. The van der Waals surface area contributed by atoms with Crippen LogP contribution in [0, 0.1) is 0 Å². The van der Waals surface area contributed by atoms with Gasteiger partial charge in [-0.15, -0.1) is 0 Å². The number of benzene rings is 1. The van der Waals surface area contributed by atoms with Crippen LogP contribution in [-0.4, -0.2) is 52.2 Å². The molecule has 0 bridgehead atoms. The van der Waals surface area contributed by atoms with Crippen LogP contribution in [-0.2, 0) is 0 Å². The van der Waals surface area contributed by atoms with E-state index in [9.17, 15) is 4.79 Å². The van der Waals surface area contributed by atoms with Gasteiger partial charge in [0.05, 0.1) is 4.47 Å². The summed E-state index contributed by atoms with van der Waals surface area (Å²) < 4.78 is 0.685. The molecule has 36 heavy (non-hydrogen) atoms. The van der Waals surface area contributed by atoms with Crippen molar-refractivity contribution in [3.05, 3.63) is 41.0 Å². The Labute approximate surface area is 220 Å². The van der Waals surface area contributed by atoms with Crippen molar-refractivity contribution in [1.29, 1.82) is 0 Å². The maximum atomic E-state index is 12.5. The molecule has 0 radical (unpaired) electrons. The lowest BCUT2D eigenvalue weighted by Gasteiger charge is -2.37. The molecule has 9 nitrogen and oxygen atoms in total. The van der Waals surface area contributed by atoms with E-state index in [0.717, 1.165) is 49.8 Å². The van der Waals surface area contributed by atoms with Crippen molar-refractivity contribution in [2.24, 2.45) is 0 Å². The molecule has 2 atom stereocenters. The molecule has 1 aliphatic heterocycles. The number of urea groups is 1. The van der Waals surface area contributed by atoms with Gasteiger partial charge in [-0.2, -0.15) is 4.98 Å². The largest absolute Gasteiger partial charge is 0.368 e. The zero-order valence-electron chi connectivity index (χ0n) is 20.7. The second-order valence-corrected chi connectivity index (χ2v) is 10.8. The van der Waals surface area contributed by atoms with Crippen LogP contribution >= 0.6 is 15.9 Å². The standard InChI is InChI=1S/C26H33BrN8O/c1-16-14-35(15-17(2)29-16)21-10-8-20(9-11-21)30-25-28-13-18-12-22(27)24(32-23(18)33-25)34-26(36)31-19-6-4-3-5-7-19/h8-13,16-17,19,29H,3-7,14-15H2,1-2H3,(H3,28,30,31,32,33,34,36)/t16-,17+. The summed E-state index contributed by atoms with van der Waals surface area (Å²) in [7, 11) is 0. The summed E-state index contributed by atoms with van der Waals surface area (Å²) in [5.74, 6) is 0.886. The zero-order chi connectivity index (χ0) is 25.1. The van der Waals surface area contributed by atoms with Gasteiger partial charge in [-0.1, -0.05) is 19.3 Å². The van der Waals surface area contributed by atoms with Crippen molar-refractivity contribution in [2.75, 3.05) is 28.6 Å². The van der Waals surface area contributed by atoms with E-state index >= 15 is 0 Å². The van der Waals surface area contributed by atoms with E-state index in [2.05, 4.69) is 83.0 Å². The number of carbonyl (C=O) groups excluding carboxylic acids is 1. The quantitative estimate of drug-likeness (QED) is 0.345. The van der Waals surface area contributed by atoms with Crippen LogP contribution in [0.1, 0.15) is 46.0 Å². The number of hydrogen-bond acceptors (Lipinski definition) is 7. The van der Waals surface area contributed by atoms with Gasteiger partial charge in [0, 0.05) is 54.2 Å². The molecule has 190 valence electrons. The van der Waals surface area contributed by atoms with Gasteiger partial charge in [0.2, 0.25) is 5.95 Å². The minimum atomic E-state index is -0.241. The number of halogens is 1. The van der Waals surface area contributed by atoms with Gasteiger partial charge in [-0.25, -0.2) is 14.8 Å². The zero-order valence-corrected chi connectivity index (χ0v) is 22.3. The number of aromatic nitrogens is 3. The van der Waals surface area contributed by atoms with Gasteiger partial charge in [0.15, 0.2) is 11.5 Å². The van der Waals surface area contributed by atoms with Crippen LogP contribution in [0.5, 0.6) is 0 Å². The smallest absolute Gasteiger partial charge is 0.320 e. The van der Waals surface area contributed by atoms with Crippen LogP contribution in [0.2, 0.25) is 0 Å². The summed E-state index contributed by atoms with van der Waals surface area (Å²) in [6.07, 6.45) is 7.34. The fourth-order valence-electron chi connectivity index (χ4n) is 5.08. The minimum Gasteiger partial charge on any atom is -0.368 e. The van der Waals surface area contributed by atoms with Crippen LogP contribution in [0.4, 0.5) is 27.9 Å². The fraction of sp³-hybridized carbons (Fsp3) is 0.462. The number of anilines is 4. The Morgan fingerprint density at radius 1 is 1.06 bits per heavy atom. The second kappa shape index (κ2) is 11.0. The molecule has 1 saturated carbocycles. The molecule has 2 aliphatic rings. The molecule has 0 spiro atoms. The van der Waals surface area contributed by atoms with Crippen molar-refractivity contribution >= 4 is 56.1 Å². The first-order chi connectivity index (χ1) is 17.4. The molecular formula is C26H33BrN8O. The van der Waals surface area contributed by atoms with Crippen molar-refractivity contribution in [1.82, 2.24) is 25.6 Å². The molecule has 2 amide bonds. The summed E-state index contributed by atoms with van der Waals surface area (Å²) in [6.45, 7) is 6.40. The molecular weight excluding hydrogens is 520 g/mol. The molecule has 0 unspecified atom stereocenters. The summed E-state index contributed by atoms with van der Waals surface area (Å²) in [4.78, 5) is 28.5. The number of pyridine rings is 1. The first kappa shape index (κ1) is 24.7. The van der Waals surface area contributed by atoms with Crippen LogP contribution < -0.4 is 26.2 Å². The molecule has 3 heterocycles. The highest BCUT2D eigenvalue weighted by molar-refractivity contribution is 9.10. The molecule has 4 N–H and O–H groups in total. The lowest BCUT2D eigenvalue weighted by atomic mass is 9.96. The minimum absolute atomic E-state index is 0.223. The van der Waals surface area contributed by atoms with Crippen molar-refractivity contribution in [3.63, 3.8) is 0 Å². The van der Waals surface area contributed by atoms with Crippen LogP contribution in [0.3, 0.4) is 0 Å². The predicted molar refractivity (Wildman–Crippen MR) is 148 cm³/mol. The topological polar surface area (TPSA) is 107 Å². The molecule has 2 fully saturated rings. The fourth-order valence-corrected chi connectivity index (χ4v) is 5.52. The van der Waals surface area contributed by atoms with E-state index in [1.165, 1.54) is 12.1 Å². The normalized spacial score (nSPS) is 20.8. The predicted octanol–water partition coefficient (Wildman–Crippen LogP) is 5.17. The third kappa shape index (κ3) is 6.04. The number of carbonyl (C=O) groups is 1. The van der Waals surface area contributed by atoms with E-state index in [4.69, 9.17) is 0 Å². The molecule has 1 aliphatic carbocycles. The second-order valence-electron chi connectivity index (χ2n) is 9.90. The summed E-state index contributed by atoms with van der Waals surface area (Å²) in [5.41, 5.74) is 2.61. The summed E-state index contributed by atoms with van der Waals surface area (Å²) >= 11 is 3.51. The highest BCUT2D eigenvalue weighted by Crippen LogP contribution is 2.26. The van der Waals surface area contributed by atoms with Crippen molar-refractivity contribution in [3.8, 4) is 0 Å². The molecule has 1 aromatic carbocycles. The maximum Gasteiger partial charge on any atom is 0.320 e. The van der Waals surface area contributed by atoms with E-state index < -0.39 is 0 Å². The van der Waals surface area contributed by atoms with Crippen molar-refractivity contribution in [2.45, 2.75) is 64.1 Å². The van der Waals surface area contributed by atoms with E-state index in [0.29, 0.717) is 34.0 Å². The third-order valence-corrected chi connectivity index (χ3v) is 7.35. The number of fused-ring (bicyclic) bond motifs is 1. The number of piperazine rings is 1. The Morgan fingerprint density at radius 3 is 2.50 bits per heavy atom. The van der Waals surface area contributed by atoms with E-state index in [-0.39, 0.29) is 12.1 Å². The maximum absolute atomic E-state index is 12.5. The Hall–Kier alpha value is -2.98. The highest BCUT2D eigenvalue weighted by atomic mass is 79.9. The van der Waals surface area contributed by atoms with Gasteiger partial charge in [0.25, 0.3) is 0 Å². The Bertz CT molecular complexity index is 1200. The summed E-state index contributed by atoms with van der Waals surface area (Å²) in [6, 6.07) is 11.1. The molecule has 3 aromatic rings. The van der Waals surface area contributed by atoms with Crippen molar-refractivity contribution < 1.29 is 4.79 Å². The number of hydrogen-bond donors (Lipinski definition) is 4. The first-order valence-corrected chi connectivity index (χ1v) is 13.5. The Morgan fingerprint density at radius 2 is 1.78 bits per heavy atom. The average Bonchev–Trinajstić information content (AvgIpc) is 2.85. The lowest BCUT2D eigenvalue weighted by Crippen LogP contribution is -2.54. The Kier molecular flexibility index (Phi) is 7.52. The number of nitrogens with zero attached hydrogens (tertiary/aromatic N) is 4. The summed E-state index contributed by atoms with van der Waals surface area (Å²) in [5, 5.41) is 13.5. The van der Waals surface area contributed by atoms with E-state index in [1.54, 1.807) is 6.20 Å². The number of rotatable bonds is 5. The molecule has 10 heteroatoms. The number of nitrogens with one attached hydrogen (secondary N) is 4. The van der Waals surface area contributed by atoms with Crippen LogP contribution in [0.15, 0.2) is 41.0 Å². The molecule has 2 aromatic heterocycles. The number of amides is 2. The van der Waals surface area contributed by atoms with E-state index in [1.807, 2.05) is 18.2 Å². The Balaban J connectivity index is 1.26. The third-order valence-electron chi connectivity index (χ3n) is 6.74. The van der Waals surface area contributed by atoms with Gasteiger partial charge in [-0.05, 0) is 73.0 Å².